The first-order chi connectivity index (χ1) is 14.2. The molecule has 3 aromatic rings. The molecule has 6 nitrogen and oxygen atoms in total. The smallest absolute Gasteiger partial charge is 0.264 e. The molecule has 2 aromatic heterocycles. The van der Waals surface area contributed by atoms with Crippen LogP contribution >= 0.6 is 22.7 Å². The Bertz CT molecular complexity index is 931. The van der Waals surface area contributed by atoms with Crippen molar-refractivity contribution in [3.05, 3.63) is 69.3 Å². The maximum atomic E-state index is 12.7. The molecule has 0 radical (unpaired) electrons. The number of methoxy groups -OCH3 is 2. The van der Waals surface area contributed by atoms with E-state index in [1.165, 1.54) is 22.7 Å². The van der Waals surface area contributed by atoms with Gasteiger partial charge in [-0.05, 0) is 23.6 Å². The fraction of sp³-hybridized carbons (Fsp3) is 0.238. The minimum Gasteiger partial charge on any atom is -0.493 e. The van der Waals surface area contributed by atoms with E-state index in [4.69, 9.17) is 14.2 Å². The monoisotopic (exact) mass is 430 g/mol. The van der Waals surface area contributed by atoms with Crippen molar-refractivity contribution in [3.63, 3.8) is 0 Å². The van der Waals surface area contributed by atoms with Gasteiger partial charge in [-0.3, -0.25) is 4.79 Å². The average molecular weight is 431 g/mol. The third-order valence-electron chi connectivity index (χ3n) is 4.04. The average Bonchev–Trinajstić information content (AvgIpc) is 3.43. The molecule has 152 valence electrons. The highest BCUT2D eigenvalue weighted by Crippen LogP contribution is 2.37. The van der Waals surface area contributed by atoms with Crippen LogP contribution < -0.4 is 14.2 Å². The number of ether oxygens (including phenoxy) is 3. The van der Waals surface area contributed by atoms with Crippen LogP contribution in [0.4, 0.5) is 0 Å². The molecule has 29 heavy (non-hydrogen) atoms. The molecule has 0 bridgehead atoms. The zero-order valence-corrected chi connectivity index (χ0v) is 17.9. The van der Waals surface area contributed by atoms with Crippen molar-refractivity contribution in [1.29, 1.82) is 0 Å². The van der Waals surface area contributed by atoms with E-state index in [0.717, 1.165) is 10.7 Å². The van der Waals surface area contributed by atoms with Gasteiger partial charge in [-0.15, -0.1) is 29.3 Å². The fourth-order valence-electron chi connectivity index (χ4n) is 2.71. The topological polar surface area (TPSA) is 60.9 Å². The number of nitrogens with zero attached hydrogens (tertiary/aromatic N) is 2. The van der Waals surface area contributed by atoms with Crippen LogP contribution in [0.15, 0.2) is 53.7 Å². The van der Waals surface area contributed by atoms with Gasteiger partial charge in [0.1, 0.15) is 11.6 Å². The SMILES string of the molecule is C=CCN(Cc1csc(COc2c(OC)cccc2OC)n1)C(=O)c1cccs1. The highest BCUT2D eigenvalue weighted by molar-refractivity contribution is 7.12. The summed E-state index contributed by atoms with van der Waals surface area (Å²) < 4.78 is 16.6. The molecule has 2 heterocycles. The molecule has 8 heteroatoms. The number of carbonyl (C=O) groups excluding carboxylic acids is 1. The molecule has 0 aliphatic heterocycles. The van der Waals surface area contributed by atoms with E-state index >= 15 is 0 Å². The number of rotatable bonds is 10. The predicted molar refractivity (Wildman–Crippen MR) is 115 cm³/mol. The van der Waals surface area contributed by atoms with E-state index in [1.54, 1.807) is 25.2 Å². The first-order valence-electron chi connectivity index (χ1n) is 8.87. The van der Waals surface area contributed by atoms with Crippen molar-refractivity contribution in [2.45, 2.75) is 13.2 Å². The molecule has 1 aromatic carbocycles. The molecule has 0 fully saturated rings. The van der Waals surface area contributed by atoms with Crippen LogP contribution in [-0.4, -0.2) is 36.6 Å². The number of hydrogen-bond acceptors (Lipinski definition) is 7. The van der Waals surface area contributed by atoms with Gasteiger partial charge in [0.05, 0.1) is 31.3 Å². The molecule has 0 unspecified atom stereocenters. The van der Waals surface area contributed by atoms with Gasteiger partial charge in [0.2, 0.25) is 5.75 Å². The van der Waals surface area contributed by atoms with Gasteiger partial charge in [-0.25, -0.2) is 4.98 Å². The number of amides is 1. The number of para-hydroxylation sites is 1. The van der Waals surface area contributed by atoms with Gasteiger partial charge in [0.15, 0.2) is 11.5 Å². The van der Waals surface area contributed by atoms with Crippen molar-refractivity contribution in [3.8, 4) is 17.2 Å². The molecule has 0 spiro atoms. The molecule has 1 amide bonds. The molecule has 0 aliphatic carbocycles. The molecular weight excluding hydrogens is 408 g/mol. The highest BCUT2D eigenvalue weighted by Gasteiger charge is 2.18. The lowest BCUT2D eigenvalue weighted by Crippen LogP contribution is -2.30. The van der Waals surface area contributed by atoms with Gasteiger partial charge < -0.3 is 19.1 Å². The van der Waals surface area contributed by atoms with Crippen LogP contribution in [0.5, 0.6) is 17.2 Å². The van der Waals surface area contributed by atoms with Crippen LogP contribution in [0.2, 0.25) is 0 Å². The van der Waals surface area contributed by atoms with E-state index in [0.29, 0.717) is 35.2 Å². The molecule has 0 saturated heterocycles. The van der Waals surface area contributed by atoms with Gasteiger partial charge >= 0.3 is 0 Å². The Morgan fingerprint density at radius 3 is 2.55 bits per heavy atom. The van der Waals surface area contributed by atoms with Crippen LogP contribution in [0.25, 0.3) is 0 Å². The Balaban J connectivity index is 1.67. The Labute approximate surface area is 178 Å². The quantitative estimate of drug-likeness (QED) is 0.439. The maximum absolute atomic E-state index is 12.7. The van der Waals surface area contributed by atoms with Crippen molar-refractivity contribution in [2.24, 2.45) is 0 Å². The van der Waals surface area contributed by atoms with Gasteiger partial charge in [-0.2, -0.15) is 0 Å². The summed E-state index contributed by atoms with van der Waals surface area (Å²) in [4.78, 5) is 19.7. The normalized spacial score (nSPS) is 10.4. The number of aromatic nitrogens is 1. The van der Waals surface area contributed by atoms with E-state index in [1.807, 2.05) is 41.1 Å². The van der Waals surface area contributed by atoms with E-state index in [2.05, 4.69) is 11.6 Å². The first kappa shape index (κ1) is 20.9. The number of benzene rings is 1. The summed E-state index contributed by atoms with van der Waals surface area (Å²) in [6, 6.07) is 9.16. The standard InChI is InChI=1S/C21H22N2O4S2/c1-4-10-23(21(24)18-9-6-11-28-18)12-15-14-29-19(22-15)13-27-20-16(25-2)7-5-8-17(20)26-3/h4-9,11,14H,1,10,12-13H2,2-3H3. The highest BCUT2D eigenvalue weighted by atomic mass is 32.1. The molecule has 0 atom stereocenters. The fourth-order valence-corrected chi connectivity index (χ4v) is 4.09. The van der Waals surface area contributed by atoms with Gasteiger partial charge in [0, 0.05) is 11.9 Å². The summed E-state index contributed by atoms with van der Waals surface area (Å²) in [6.07, 6.45) is 1.72. The second-order valence-corrected chi connectivity index (χ2v) is 7.85. The zero-order valence-electron chi connectivity index (χ0n) is 16.3. The number of carbonyl (C=O) groups is 1. The summed E-state index contributed by atoms with van der Waals surface area (Å²) in [5, 5.41) is 4.63. The number of thiazole rings is 1. The molecule has 0 aliphatic rings. The van der Waals surface area contributed by atoms with E-state index in [-0.39, 0.29) is 12.5 Å². The second-order valence-electron chi connectivity index (χ2n) is 5.96. The van der Waals surface area contributed by atoms with Crippen LogP contribution in [0, 0.1) is 0 Å². The van der Waals surface area contributed by atoms with E-state index in [9.17, 15) is 4.79 Å². The summed E-state index contributed by atoms with van der Waals surface area (Å²) in [5.41, 5.74) is 0.812. The summed E-state index contributed by atoms with van der Waals surface area (Å²) in [5.74, 6) is 1.71. The van der Waals surface area contributed by atoms with Crippen molar-refractivity contribution >= 4 is 28.6 Å². The molecule has 0 saturated carbocycles. The van der Waals surface area contributed by atoms with Gasteiger partial charge in [-0.1, -0.05) is 18.2 Å². The number of thiophene rings is 1. The zero-order chi connectivity index (χ0) is 20.6. The van der Waals surface area contributed by atoms with Crippen LogP contribution in [-0.2, 0) is 13.2 Å². The Kier molecular flexibility index (Phi) is 7.26. The largest absolute Gasteiger partial charge is 0.493 e. The molecule has 3 rings (SSSR count). The van der Waals surface area contributed by atoms with Crippen molar-refractivity contribution in [1.82, 2.24) is 9.88 Å². The Hall–Kier alpha value is -2.84. The van der Waals surface area contributed by atoms with Crippen LogP contribution in [0.1, 0.15) is 20.4 Å². The Morgan fingerprint density at radius 2 is 1.93 bits per heavy atom. The predicted octanol–water partition coefficient (Wildman–Crippen LogP) is 4.63. The number of hydrogen-bond donors (Lipinski definition) is 0. The Morgan fingerprint density at radius 1 is 1.17 bits per heavy atom. The lowest BCUT2D eigenvalue weighted by atomic mass is 10.3. The maximum Gasteiger partial charge on any atom is 0.264 e. The van der Waals surface area contributed by atoms with Crippen LogP contribution in [0.3, 0.4) is 0 Å². The third kappa shape index (κ3) is 5.16. The third-order valence-corrected chi connectivity index (χ3v) is 5.77. The minimum atomic E-state index is -0.0236. The van der Waals surface area contributed by atoms with Crippen molar-refractivity contribution in [2.75, 3.05) is 20.8 Å². The van der Waals surface area contributed by atoms with Gasteiger partial charge in [0.25, 0.3) is 5.91 Å². The first-order valence-corrected chi connectivity index (χ1v) is 10.6. The molecule has 0 N–H and O–H groups in total. The van der Waals surface area contributed by atoms with Crippen molar-refractivity contribution < 1.29 is 19.0 Å². The lowest BCUT2D eigenvalue weighted by Gasteiger charge is -2.19. The minimum absolute atomic E-state index is 0.0236. The molecular formula is C21H22N2O4S2. The summed E-state index contributed by atoms with van der Waals surface area (Å²) >= 11 is 2.91. The lowest BCUT2D eigenvalue weighted by molar-refractivity contribution is 0.0766. The second kappa shape index (κ2) is 10.1. The van der Waals surface area contributed by atoms with E-state index < -0.39 is 0 Å². The summed E-state index contributed by atoms with van der Waals surface area (Å²) in [7, 11) is 3.17. The summed E-state index contributed by atoms with van der Waals surface area (Å²) in [6.45, 7) is 4.90.